The number of urea groups is 1. The van der Waals surface area contributed by atoms with E-state index in [0.717, 1.165) is 31.4 Å². The van der Waals surface area contributed by atoms with Crippen molar-refractivity contribution in [2.45, 2.75) is 62.8 Å². The molecule has 0 bridgehead atoms. The van der Waals surface area contributed by atoms with E-state index in [-0.39, 0.29) is 29.9 Å². The molecule has 2 aliphatic rings. The van der Waals surface area contributed by atoms with Crippen molar-refractivity contribution in [3.05, 3.63) is 0 Å². The van der Waals surface area contributed by atoms with Crippen molar-refractivity contribution in [2.75, 3.05) is 45.3 Å². The van der Waals surface area contributed by atoms with Crippen LogP contribution in [0.2, 0.25) is 0 Å². The number of rotatable bonds is 16. The Balaban J connectivity index is 1.34. The summed E-state index contributed by atoms with van der Waals surface area (Å²) >= 11 is 1.90. The normalized spacial score (nSPS) is 22.3. The summed E-state index contributed by atoms with van der Waals surface area (Å²) in [6.45, 7) is 4.83. The number of amides is 4. The van der Waals surface area contributed by atoms with Gasteiger partial charge in [-0.25, -0.2) is 4.79 Å². The minimum absolute atomic E-state index is 0.0467. The van der Waals surface area contributed by atoms with E-state index in [9.17, 15) is 14.4 Å². The second-order valence-corrected chi connectivity index (χ2v) is 8.81. The van der Waals surface area contributed by atoms with Gasteiger partial charge >= 0.3 is 6.03 Å². The van der Waals surface area contributed by atoms with Gasteiger partial charge in [0.1, 0.15) is 0 Å². The first-order valence-corrected chi connectivity index (χ1v) is 12.0. The van der Waals surface area contributed by atoms with E-state index in [1.807, 2.05) is 18.7 Å². The quantitative estimate of drug-likeness (QED) is 0.206. The van der Waals surface area contributed by atoms with Gasteiger partial charge in [0.2, 0.25) is 11.8 Å². The monoisotopic (exact) mass is 444 g/mol. The molecule has 2 rings (SSSR count). The predicted octanol–water partition coefficient (Wildman–Crippen LogP) is 0.778. The van der Waals surface area contributed by atoms with Crippen molar-refractivity contribution < 1.29 is 23.9 Å². The molecule has 0 aromatic carbocycles. The number of hydrogen-bond donors (Lipinski definition) is 4. The van der Waals surface area contributed by atoms with Crippen LogP contribution in [0.1, 0.15) is 45.4 Å². The lowest BCUT2D eigenvalue weighted by Gasteiger charge is -2.16. The SMILES string of the molecule is CCCC(=O)NCCOCCOCCNC(=O)CCCCC1SCC2NC(=O)NC21. The van der Waals surface area contributed by atoms with Crippen molar-refractivity contribution in [2.24, 2.45) is 0 Å². The molecule has 0 aromatic rings. The van der Waals surface area contributed by atoms with Gasteiger partial charge in [-0.1, -0.05) is 13.3 Å². The highest BCUT2D eigenvalue weighted by atomic mass is 32.2. The van der Waals surface area contributed by atoms with Gasteiger partial charge < -0.3 is 30.7 Å². The lowest BCUT2D eigenvalue weighted by molar-refractivity contribution is -0.122. The van der Waals surface area contributed by atoms with Gasteiger partial charge in [-0.3, -0.25) is 9.59 Å². The standard InChI is InChI=1S/C20H36N4O5S/c1-2-5-17(25)21-8-10-28-12-13-29-11-9-22-18(26)7-4-3-6-16-19-15(14-30-16)23-20(27)24-19/h15-16,19H,2-14H2,1H3,(H,21,25)(H,22,26)(H2,23,24,27). The second-order valence-electron chi connectivity index (χ2n) is 7.54. The largest absolute Gasteiger partial charge is 0.377 e. The van der Waals surface area contributed by atoms with Crippen molar-refractivity contribution in [1.82, 2.24) is 21.3 Å². The molecule has 0 radical (unpaired) electrons. The first-order chi connectivity index (χ1) is 14.6. The smallest absolute Gasteiger partial charge is 0.315 e. The summed E-state index contributed by atoms with van der Waals surface area (Å²) in [5.41, 5.74) is 0. The van der Waals surface area contributed by atoms with Gasteiger partial charge in [0.05, 0.1) is 38.5 Å². The Morgan fingerprint density at radius 3 is 2.33 bits per heavy atom. The average molecular weight is 445 g/mol. The van der Waals surface area contributed by atoms with Crippen LogP contribution in [-0.2, 0) is 19.1 Å². The number of ether oxygens (including phenoxy) is 2. The first kappa shape index (κ1) is 24.7. The fourth-order valence-electron chi connectivity index (χ4n) is 3.53. The molecule has 4 amide bonds. The Hall–Kier alpha value is -1.52. The maximum Gasteiger partial charge on any atom is 0.315 e. The number of thioether (sulfide) groups is 1. The molecule has 0 saturated carbocycles. The van der Waals surface area contributed by atoms with Gasteiger partial charge in [0.15, 0.2) is 0 Å². The van der Waals surface area contributed by atoms with Crippen LogP contribution in [0.4, 0.5) is 4.79 Å². The Labute approximate surface area is 183 Å². The van der Waals surface area contributed by atoms with Gasteiger partial charge in [-0.2, -0.15) is 11.8 Å². The van der Waals surface area contributed by atoms with Gasteiger partial charge in [-0.15, -0.1) is 0 Å². The number of fused-ring (bicyclic) bond motifs is 1. The second kappa shape index (κ2) is 14.5. The molecule has 9 nitrogen and oxygen atoms in total. The number of nitrogens with one attached hydrogen (secondary N) is 4. The molecule has 3 unspecified atom stereocenters. The topological polar surface area (TPSA) is 118 Å². The minimum atomic E-state index is -0.0561. The molecule has 0 aliphatic carbocycles. The Bertz CT molecular complexity index is 551. The molecule has 0 aromatic heterocycles. The Morgan fingerprint density at radius 1 is 1.00 bits per heavy atom. The maximum atomic E-state index is 11.9. The molecule has 0 spiro atoms. The van der Waals surface area contributed by atoms with E-state index in [1.54, 1.807) is 0 Å². The molecule has 172 valence electrons. The van der Waals surface area contributed by atoms with Crippen molar-refractivity contribution in [3.8, 4) is 0 Å². The zero-order valence-electron chi connectivity index (χ0n) is 17.9. The van der Waals surface area contributed by atoms with Crippen molar-refractivity contribution in [3.63, 3.8) is 0 Å². The van der Waals surface area contributed by atoms with Crippen LogP contribution in [0.15, 0.2) is 0 Å². The summed E-state index contributed by atoms with van der Waals surface area (Å²) in [6, 6.07) is 0.435. The Morgan fingerprint density at radius 2 is 1.67 bits per heavy atom. The predicted molar refractivity (Wildman–Crippen MR) is 117 cm³/mol. The van der Waals surface area contributed by atoms with E-state index in [1.165, 1.54) is 0 Å². The molecular weight excluding hydrogens is 408 g/mol. The van der Waals surface area contributed by atoms with Crippen molar-refractivity contribution in [1.29, 1.82) is 0 Å². The van der Waals surface area contributed by atoms with E-state index >= 15 is 0 Å². The van der Waals surface area contributed by atoms with Gasteiger partial charge in [0, 0.05) is 36.9 Å². The van der Waals surface area contributed by atoms with Crippen LogP contribution < -0.4 is 21.3 Å². The molecule has 10 heteroatoms. The van der Waals surface area contributed by atoms with Crippen LogP contribution in [0.3, 0.4) is 0 Å². The zero-order chi connectivity index (χ0) is 21.6. The van der Waals surface area contributed by atoms with Gasteiger partial charge in [-0.05, 0) is 19.3 Å². The summed E-state index contributed by atoms with van der Waals surface area (Å²) in [6.07, 6.45) is 4.76. The fourth-order valence-corrected chi connectivity index (χ4v) is 5.07. The van der Waals surface area contributed by atoms with Crippen LogP contribution in [0.5, 0.6) is 0 Å². The average Bonchev–Trinajstić information content (AvgIpc) is 3.26. The number of hydrogen-bond acceptors (Lipinski definition) is 6. The molecule has 4 N–H and O–H groups in total. The number of carbonyl (C=O) groups is 3. The first-order valence-electron chi connectivity index (χ1n) is 11.0. The molecule has 3 atom stereocenters. The Kier molecular flexibility index (Phi) is 11.9. The van der Waals surface area contributed by atoms with Crippen LogP contribution in [-0.4, -0.2) is 80.4 Å². The highest BCUT2D eigenvalue weighted by Crippen LogP contribution is 2.33. The van der Waals surface area contributed by atoms with Crippen molar-refractivity contribution >= 4 is 29.6 Å². The maximum absolute atomic E-state index is 11.9. The van der Waals surface area contributed by atoms with Crippen LogP contribution in [0, 0.1) is 0 Å². The van der Waals surface area contributed by atoms with E-state index in [4.69, 9.17) is 9.47 Å². The minimum Gasteiger partial charge on any atom is -0.377 e. The van der Waals surface area contributed by atoms with Gasteiger partial charge in [0.25, 0.3) is 0 Å². The van der Waals surface area contributed by atoms with Crippen LogP contribution >= 0.6 is 11.8 Å². The summed E-state index contributed by atoms with van der Waals surface area (Å²) in [4.78, 5) is 34.5. The fraction of sp³-hybridized carbons (Fsp3) is 0.850. The third-order valence-corrected chi connectivity index (χ3v) is 6.58. The highest BCUT2D eigenvalue weighted by molar-refractivity contribution is 8.00. The van der Waals surface area contributed by atoms with E-state index < -0.39 is 0 Å². The molecule has 2 saturated heterocycles. The summed E-state index contributed by atoms with van der Waals surface area (Å²) in [5, 5.41) is 12.0. The number of unbranched alkanes of at least 4 members (excludes halogenated alkanes) is 1. The summed E-state index contributed by atoms with van der Waals surface area (Å²) in [7, 11) is 0. The lowest BCUT2D eigenvalue weighted by Crippen LogP contribution is -2.36. The van der Waals surface area contributed by atoms with E-state index in [0.29, 0.717) is 57.6 Å². The number of carbonyl (C=O) groups excluding carboxylic acids is 3. The third kappa shape index (κ3) is 9.53. The van der Waals surface area contributed by atoms with Crippen LogP contribution in [0.25, 0.3) is 0 Å². The summed E-state index contributed by atoms with van der Waals surface area (Å²) in [5.74, 6) is 1.07. The molecule has 30 heavy (non-hydrogen) atoms. The third-order valence-electron chi connectivity index (χ3n) is 5.07. The molecular formula is C20H36N4O5S. The zero-order valence-corrected chi connectivity index (χ0v) is 18.7. The molecule has 2 aliphatic heterocycles. The van der Waals surface area contributed by atoms with E-state index in [2.05, 4.69) is 21.3 Å². The highest BCUT2D eigenvalue weighted by Gasteiger charge is 2.42. The summed E-state index contributed by atoms with van der Waals surface area (Å²) < 4.78 is 10.8. The molecule has 2 heterocycles. The lowest BCUT2D eigenvalue weighted by atomic mass is 10.0. The molecule has 2 fully saturated rings.